The summed E-state index contributed by atoms with van der Waals surface area (Å²) < 4.78 is 5.41. The summed E-state index contributed by atoms with van der Waals surface area (Å²) in [5, 5.41) is 0.334. The van der Waals surface area contributed by atoms with Crippen molar-refractivity contribution in [2.45, 2.75) is 5.37 Å². The van der Waals surface area contributed by atoms with E-state index in [1.165, 1.54) is 11.8 Å². The highest BCUT2D eigenvalue weighted by molar-refractivity contribution is 8.05. The van der Waals surface area contributed by atoms with E-state index < -0.39 is 0 Å². The van der Waals surface area contributed by atoms with E-state index in [9.17, 15) is 9.59 Å². The summed E-state index contributed by atoms with van der Waals surface area (Å²) in [6.45, 7) is 2.67. The van der Waals surface area contributed by atoms with Crippen LogP contribution < -0.4 is 4.90 Å². The van der Waals surface area contributed by atoms with Crippen LogP contribution in [-0.2, 0) is 9.53 Å². The average Bonchev–Trinajstić information content (AvgIpc) is 3.05. The van der Waals surface area contributed by atoms with Crippen LogP contribution >= 0.6 is 11.8 Å². The van der Waals surface area contributed by atoms with Crippen molar-refractivity contribution >= 4 is 29.1 Å². The Morgan fingerprint density at radius 1 is 1.00 bits per heavy atom. The third-order valence-electron chi connectivity index (χ3n) is 4.59. The first kappa shape index (κ1) is 18.0. The van der Waals surface area contributed by atoms with Gasteiger partial charge in [0.2, 0.25) is 0 Å². The van der Waals surface area contributed by atoms with E-state index >= 15 is 0 Å². The lowest BCUT2D eigenvalue weighted by Gasteiger charge is -2.30. The van der Waals surface area contributed by atoms with Gasteiger partial charge in [0, 0.05) is 30.4 Å². The molecule has 1 unspecified atom stereocenters. The molecule has 2 aliphatic rings. The monoisotopic (exact) mass is 380 g/mol. The lowest BCUT2D eigenvalue weighted by molar-refractivity contribution is -0.121. The van der Waals surface area contributed by atoms with Gasteiger partial charge in [-0.3, -0.25) is 19.4 Å². The summed E-state index contributed by atoms with van der Waals surface area (Å²) in [6, 6.07) is 18.6. The average molecular weight is 380 g/mol. The molecule has 27 heavy (non-hydrogen) atoms. The minimum atomic E-state index is -0.330. The largest absolute Gasteiger partial charge is 0.379 e. The molecule has 2 heterocycles. The van der Waals surface area contributed by atoms with Gasteiger partial charge in [-0.2, -0.15) is 0 Å². The molecule has 0 spiro atoms. The number of allylic oxidation sites excluding steroid dienone is 1. The molecule has 2 aromatic carbocycles. The summed E-state index contributed by atoms with van der Waals surface area (Å²) in [6.07, 6.45) is 1.57. The van der Waals surface area contributed by atoms with Gasteiger partial charge in [0.25, 0.3) is 5.91 Å². The summed E-state index contributed by atoms with van der Waals surface area (Å²) in [4.78, 5) is 29.7. The van der Waals surface area contributed by atoms with Crippen molar-refractivity contribution in [1.29, 1.82) is 0 Å². The van der Waals surface area contributed by atoms with Crippen molar-refractivity contribution in [3.05, 3.63) is 77.3 Å². The number of rotatable bonds is 4. The summed E-state index contributed by atoms with van der Waals surface area (Å²) in [5.41, 5.74) is 1.39. The number of carbonyl (C=O) groups excluding carboxylic acids is 2. The van der Waals surface area contributed by atoms with Crippen molar-refractivity contribution < 1.29 is 14.3 Å². The second-order valence-corrected chi connectivity index (χ2v) is 7.44. The van der Waals surface area contributed by atoms with Crippen molar-refractivity contribution in [2.24, 2.45) is 0 Å². The molecule has 2 aliphatic heterocycles. The first-order valence-electron chi connectivity index (χ1n) is 8.92. The Kier molecular flexibility index (Phi) is 5.38. The van der Waals surface area contributed by atoms with Crippen molar-refractivity contribution in [2.75, 3.05) is 31.2 Å². The molecule has 138 valence electrons. The number of benzene rings is 2. The van der Waals surface area contributed by atoms with Gasteiger partial charge >= 0.3 is 0 Å². The minimum Gasteiger partial charge on any atom is -0.379 e. The molecule has 2 aromatic rings. The molecule has 1 amide bonds. The fourth-order valence-corrected chi connectivity index (χ4v) is 4.48. The summed E-state index contributed by atoms with van der Waals surface area (Å²) in [5.74, 6) is -0.116. The molecule has 2 saturated heterocycles. The molecule has 0 radical (unpaired) electrons. The van der Waals surface area contributed by atoms with Gasteiger partial charge in [-0.05, 0) is 12.1 Å². The maximum atomic E-state index is 13.2. The van der Waals surface area contributed by atoms with Crippen LogP contribution in [0.1, 0.15) is 10.4 Å². The van der Waals surface area contributed by atoms with Gasteiger partial charge in [-0.25, -0.2) is 0 Å². The molecule has 4 rings (SSSR count). The zero-order valence-corrected chi connectivity index (χ0v) is 15.6. The number of morpholine rings is 1. The molecule has 0 aromatic heterocycles. The molecule has 6 heteroatoms. The molecule has 1 atom stereocenters. The van der Waals surface area contributed by atoms with E-state index in [-0.39, 0.29) is 17.1 Å². The highest BCUT2D eigenvalue weighted by Gasteiger charge is 2.41. The number of para-hydroxylation sites is 1. The number of anilines is 1. The topological polar surface area (TPSA) is 49.9 Å². The highest BCUT2D eigenvalue weighted by atomic mass is 32.2. The quantitative estimate of drug-likeness (QED) is 0.602. The Morgan fingerprint density at radius 2 is 1.63 bits per heavy atom. The van der Waals surface area contributed by atoms with E-state index in [4.69, 9.17) is 4.74 Å². The van der Waals surface area contributed by atoms with Crippen LogP contribution in [0.2, 0.25) is 0 Å². The van der Waals surface area contributed by atoms with Crippen LogP contribution in [0, 0.1) is 0 Å². The third kappa shape index (κ3) is 3.83. The van der Waals surface area contributed by atoms with Crippen molar-refractivity contribution in [3.8, 4) is 0 Å². The van der Waals surface area contributed by atoms with Crippen LogP contribution in [-0.4, -0.2) is 48.3 Å². The molecular weight excluding hydrogens is 360 g/mol. The number of hydrogen-bond donors (Lipinski definition) is 0. The Hall–Kier alpha value is -2.41. The van der Waals surface area contributed by atoms with Crippen LogP contribution in [0.3, 0.4) is 0 Å². The number of nitrogens with zero attached hydrogens (tertiary/aromatic N) is 2. The zero-order valence-electron chi connectivity index (χ0n) is 14.8. The molecule has 0 N–H and O–H groups in total. The minimum absolute atomic E-state index is 0.0137. The van der Waals surface area contributed by atoms with E-state index in [0.717, 1.165) is 5.69 Å². The van der Waals surface area contributed by atoms with Crippen LogP contribution in [0.5, 0.6) is 0 Å². The number of thioether (sulfide) groups is 1. The standard InChI is InChI=1S/C21H20N2O3S/c24-18(16-7-3-1-4-8-16)15-19-23(17-9-5-2-6-10-17)20(25)21(27-19)22-11-13-26-14-12-22/h1-10,15,21H,11-14H2/b19-15-. The Morgan fingerprint density at radius 3 is 2.30 bits per heavy atom. The lowest BCUT2D eigenvalue weighted by atomic mass is 10.1. The third-order valence-corrected chi connectivity index (χ3v) is 5.85. The van der Waals surface area contributed by atoms with Gasteiger partial charge in [0.15, 0.2) is 5.78 Å². The maximum Gasteiger partial charge on any atom is 0.260 e. The van der Waals surface area contributed by atoms with Gasteiger partial charge in [-0.15, -0.1) is 0 Å². The van der Waals surface area contributed by atoms with Gasteiger partial charge in [-0.1, -0.05) is 60.3 Å². The molecular formula is C21H20N2O3S. The number of carbonyl (C=O) groups is 2. The summed E-state index contributed by atoms with van der Waals surface area (Å²) in [7, 11) is 0. The van der Waals surface area contributed by atoms with Gasteiger partial charge < -0.3 is 4.74 Å². The maximum absolute atomic E-state index is 13.2. The highest BCUT2D eigenvalue weighted by Crippen LogP contribution is 2.40. The number of hydrogen-bond acceptors (Lipinski definition) is 5. The van der Waals surface area contributed by atoms with Crippen LogP contribution in [0.15, 0.2) is 71.8 Å². The fourth-order valence-electron chi connectivity index (χ4n) is 3.21. The Bertz CT molecular complexity index is 848. The molecule has 0 aliphatic carbocycles. The van der Waals surface area contributed by atoms with E-state index in [0.29, 0.717) is 36.9 Å². The van der Waals surface area contributed by atoms with E-state index in [2.05, 4.69) is 4.90 Å². The fraction of sp³-hybridized carbons (Fsp3) is 0.238. The van der Waals surface area contributed by atoms with Crippen molar-refractivity contribution in [1.82, 2.24) is 4.90 Å². The molecule has 5 nitrogen and oxygen atoms in total. The Balaban J connectivity index is 1.67. The second-order valence-electron chi connectivity index (χ2n) is 6.34. The molecule has 2 fully saturated rings. The van der Waals surface area contributed by atoms with Gasteiger partial charge in [0.1, 0.15) is 5.37 Å². The van der Waals surface area contributed by atoms with E-state index in [1.54, 1.807) is 23.1 Å². The molecule has 0 bridgehead atoms. The number of ketones is 1. The van der Waals surface area contributed by atoms with Crippen molar-refractivity contribution in [3.63, 3.8) is 0 Å². The van der Waals surface area contributed by atoms with Crippen LogP contribution in [0.4, 0.5) is 5.69 Å². The number of ether oxygens (including phenoxy) is 1. The first-order chi connectivity index (χ1) is 13.2. The SMILES string of the molecule is O=C(/C=C1\SC(N2CCOCC2)C(=O)N1c1ccccc1)c1ccccc1. The normalized spacial score (nSPS) is 22.4. The summed E-state index contributed by atoms with van der Waals surface area (Å²) >= 11 is 1.44. The van der Waals surface area contributed by atoms with Gasteiger partial charge in [0.05, 0.1) is 18.2 Å². The second kappa shape index (κ2) is 8.08. The van der Waals surface area contributed by atoms with E-state index in [1.807, 2.05) is 48.5 Å². The molecule has 0 saturated carbocycles. The number of amides is 1. The van der Waals surface area contributed by atoms with Crippen LogP contribution in [0.25, 0.3) is 0 Å². The Labute approximate surface area is 162 Å². The smallest absolute Gasteiger partial charge is 0.260 e. The first-order valence-corrected chi connectivity index (χ1v) is 9.80. The lowest BCUT2D eigenvalue weighted by Crippen LogP contribution is -2.46. The predicted molar refractivity (Wildman–Crippen MR) is 107 cm³/mol. The predicted octanol–water partition coefficient (Wildman–Crippen LogP) is 3.15. The zero-order chi connectivity index (χ0) is 18.6.